The van der Waals surface area contributed by atoms with Gasteiger partial charge in [0.25, 0.3) is 0 Å². The fourth-order valence-corrected chi connectivity index (χ4v) is 9.73. The largest absolute Gasteiger partial charge is 0.512 e. The predicted molar refractivity (Wildman–Crippen MR) is 209 cm³/mol. The molecule has 1 radical (unpaired) electrons. The van der Waals surface area contributed by atoms with Crippen LogP contribution in [0.5, 0.6) is 0 Å². The summed E-state index contributed by atoms with van der Waals surface area (Å²) in [4.78, 5) is 17.0. The third-order valence-corrected chi connectivity index (χ3v) is 15.9. The standard InChI is InChI=1S/C27H26GeNS.C15H28O2.Ir/c1-17(2)23-15-19(14-18-8-6-7-9-21(18)23)27-26-22-11-10-20(28(3,4)5)16-25(22)30-24(26)12-13-29-27;1-7-14(5,8-2)12(16)11-13(17)15(6,9-3)10-4;/h6-13,15-17H,1-5H3;11,16H,7-10H2,1-6H3;/q-1;;/b;12-11-;. The van der Waals surface area contributed by atoms with Crippen LogP contribution in [0.2, 0.25) is 17.3 Å². The molecule has 259 valence electrons. The van der Waals surface area contributed by atoms with Gasteiger partial charge in [0, 0.05) is 37.0 Å². The number of aliphatic hydroxyl groups is 1. The number of aliphatic hydroxyl groups excluding tert-OH is 1. The van der Waals surface area contributed by atoms with Gasteiger partial charge in [0.2, 0.25) is 0 Å². The molecule has 0 aliphatic rings. The van der Waals surface area contributed by atoms with E-state index in [2.05, 4.69) is 91.8 Å². The number of nitrogens with zero attached hydrogens (tertiary/aromatic N) is 1. The Kier molecular flexibility index (Phi) is 13.5. The number of benzene rings is 3. The van der Waals surface area contributed by atoms with Gasteiger partial charge in [-0.15, -0.1) is 0 Å². The molecule has 2 heterocycles. The summed E-state index contributed by atoms with van der Waals surface area (Å²) in [5.74, 6) is 8.10. The Morgan fingerprint density at radius 1 is 0.896 bits per heavy atom. The van der Waals surface area contributed by atoms with Crippen LogP contribution in [0.4, 0.5) is 0 Å². The molecule has 0 atom stereocenters. The van der Waals surface area contributed by atoms with Crippen LogP contribution in [-0.2, 0) is 24.9 Å². The van der Waals surface area contributed by atoms with Gasteiger partial charge >= 0.3 is 186 Å². The van der Waals surface area contributed by atoms with Gasteiger partial charge in [-0.05, 0) is 25.7 Å². The average Bonchev–Trinajstić information content (AvgIpc) is 3.45. The molecule has 3 aromatic carbocycles. The molecule has 0 aliphatic heterocycles. The number of fused-ring (bicyclic) bond motifs is 4. The first kappa shape index (κ1) is 40.1. The zero-order chi connectivity index (χ0) is 34.7. The quantitative estimate of drug-likeness (QED) is 0.0657. The number of rotatable bonds is 10. The van der Waals surface area contributed by atoms with E-state index in [-0.39, 0.29) is 42.5 Å². The Balaban J connectivity index is 0.000000301. The van der Waals surface area contributed by atoms with Crippen LogP contribution in [-0.4, -0.2) is 29.1 Å². The molecule has 0 saturated carbocycles. The molecule has 6 heteroatoms. The number of carbonyl (C=O) groups excluding carboxylic acids is 1. The molecule has 0 spiro atoms. The summed E-state index contributed by atoms with van der Waals surface area (Å²) in [5, 5.41) is 15.2. The maximum atomic E-state index is 12.2. The molecular weight excluding hydrogens is 847 g/mol. The van der Waals surface area contributed by atoms with Gasteiger partial charge in [0.1, 0.15) is 5.76 Å². The first-order valence-electron chi connectivity index (χ1n) is 17.3. The van der Waals surface area contributed by atoms with Gasteiger partial charge < -0.3 is 5.11 Å². The van der Waals surface area contributed by atoms with E-state index in [1.807, 2.05) is 59.1 Å². The molecule has 5 rings (SSSR count). The van der Waals surface area contributed by atoms with Gasteiger partial charge in [-0.1, -0.05) is 41.5 Å². The molecular formula is C42H54GeIrNO2S-. The Hall–Kier alpha value is -2.31. The summed E-state index contributed by atoms with van der Waals surface area (Å²) in [7, 11) is 0. The van der Waals surface area contributed by atoms with Crippen molar-refractivity contribution in [1.82, 2.24) is 4.98 Å². The number of pyridine rings is 1. The monoisotopic (exact) mass is 903 g/mol. The normalized spacial score (nSPS) is 12.7. The van der Waals surface area contributed by atoms with E-state index in [4.69, 9.17) is 4.98 Å². The van der Waals surface area contributed by atoms with Crippen LogP contribution in [0, 0.1) is 16.9 Å². The fraction of sp³-hybridized carbons (Fsp3) is 0.429. The van der Waals surface area contributed by atoms with E-state index >= 15 is 0 Å². The van der Waals surface area contributed by atoms with Crippen LogP contribution < -0.4 is 4.40 Å². The topological polar surface area (TPSA) is 50.2 Å². The van der Waals surface area contributed by atoms with Crippen LogP contribution in [0.1, 0.15) is 92.6 Å². The van der Waals surface area contributed by atoms with Crippen molar-refractivity contribution in [2.45, 2.75) is 104 Å². The molecule has 0 aliphatic carbocycles. The van der Waals surface area contributed by atoms with Crippen molar-refractivity contribution in [2.75, 3.05) is 0 Å². The number of hydrogen-bond acceptors (Lipinski definition) is 4. The van der Waals surface area contributed by atoms with E-state index in [0.29, 0.717) is 5.92 Å². The molecule has 2 aromatic heterocycles. The number of allylic oxidation sites excluding steroid dienone is 2. The summed E-state index contributed by atoms with van der Waals surface area (Å²) in [5.41, 5.74) is 2.91. The number of thiophene rings is 1. The first-order chi connectivity index (χ1) is 22.1. The number of aromatic nitrogens is 1. The van der Waals surface area contributed by atoms with Gasteiger partial charge in [-0.25, -0.2) is 0 Å². The van der Waals surface area contributed by atoms with Crippen molar-refractivity contribution in [3.8, 4) is 11.3 Å². The Bertz CT molecular complexity index is 1910. The summed E-state index contributed by atoms with van der Waals surface area (Å²) in [6.07, 6.45) is 6.71. The molecule has 0 saturated heterocycles. The minimum atomic E-state index is -1.86. The summed E-state index contributed by atoms with van der Waals surface area (Å²) in [6.45, 7) is 16.6. The Labute approximate surface area is 309 Å². The molecule has 0 amide bonds. The summed E-state index contributed by atoms with van der Waals surface area (Å²) >= 11 is 0.0284. The molecule has 48 heavy (non-hydrogen) atoms. The fourth-order valence-electron chi connectivity index (χ4n) is 5.94. The second-order valence-electron chi connectivity index (χ2n) is 14.9. The molecule has 5 aromatic rings. The first-order valence-corrected chi connectivity index (χ1v) is 25.5. The van der Waals surface area contributed by atoms with Crippen LogP contribution in [0.3, 0.4) is 0 Å². The second kappa shape index (κ2) is 16.1. The van der Waals surface area contributed by atoms with Gasteiger partial charge in [-0.2, -0.15) is 0 Å². The van der Waals surface area contributed by atoms with Crippen molar-refractivity contribution < 1.29 is 30.0 Å². The zero-order valence-electron chi connectivity index (χ0n) is 30.8. The maximum absolute atomic E-state index is 12.2. The van der Waals surface area contributed by atoms with Crippen LogP contribution in [0.15, 0.2) is 72.6 Å². The third kappa shape index (κ3) is 8.34. The van der Waals surface area contributed by atoms with Gasteiger partial charge in [0.05, 0.1) is 0 Å². The second-order valence-corrected chi connectivity index (χ2v) is 26.6. The summed E-state index contributed by atoms with van der Waals surface area (Å²) < 4.78 is 4.24. The van der Waals surface area contributed by atoms with Crippen molar-refractivity contribution >= 4 is 65.7 Å². The molecule has 0 unspecified atom stereocenters. The number of hydrogen-bond donors (Lipinski definition) is 1. The van der Waals surface area contributed by atoms with E-state index < -0.39 is 13.3 Å². The van der Waals surface area contributed by atoms with E-state index in [1.54, 1.807) is 4.40 Å². The third-order valence-electron chi connectivity index (χ3n) is 10.5. The molecule has 0 fully saturated rings. The minimum absolute atomic E-state index is 0. The van der Waals surface area contributed by atoms with Gasteiger partial charge in [-0.3, -0.25) is 4.79 Å². The number of ketones is 1. The van der Waals surface area contributed by atoms with Gasteiger partial charge in [0.15, 0.2) is 5.78 Å². The molecule has 3 nitrogen and oxygen atoms in total. The Morgan fingerprint density at radius 3 is 2.10 bits per heavy atom. The smallest absolute Gasteiger partial charge is 0.164 e. The average molecular weight is 902 g/mol. The van der Waals surface area contributed by atoms with Crippen molar-refractivity contribution in [3.05, 3.63) is 84.3 Å². The van der Waals surface area contributed by atoms with Crippen molar-refractivity contribution in [1.29, 1.82) is 0 Å². The minimum Gasteiger partial charge on any atom is -0.512 e. The van der Waals surface area contributed by atoms with Crippen molar-refractivity contribution in [3.63, 3.8) is 0 Å². The molecule has 1 N–H and O–H groups in total. The number of carbonyl (C=O) groups is 1. The molecule has 0 bridgehead atoms. The van der Waals surface area contributed by atoms with Crippen LogP contribution in [0.25, 0.3) is 42.2 Å². The van der Waals surface area contributed by atoms with Crippen LogP contribution >= 0.6 is 11.3 Å². The zero-order valence-corrected chi connectivity index (χ0v) is 36.1. The van der Waals surface area contributed by atoms with E-state index in [9.17, 15) is 9.90 Å². The Morgan fingerprint density at radius 2 is 1.52 bits per heavy atom. The maximum Gasteiger partial charge on any atom is 0.164 e. The SMILES string of the molecule is CC(C)c1cc(-c2nccc3sc4c[c]([Ge]([CH3])([CH3])[CH3])ccc4c23)[c-]c2ccccc12.CCC(C)(CC)C(=O)/C=C(\O)C(C)(CC)CC.[Ir]. The summed E-state index contributed by atoms with van der Waals surface area (Å²) in [6, 6.07) is 23.8. The predicted octanol–water partition coefficient (Wildman–Crippen LogP) is 12.4. The van der Waals surface area contributed by atoms with E-state index in [0.717, 1.165) is 36.9 Å². The van der Waals surface area contributed by atoms with Crippen molar-refractivity contribution in [2.24, 2.45) is 10.8 Å². The van der Waals surface area contributed by atoms with E-state index in [1.165, 1.54) is 42.6 Å².